The van der Waals surface area contributed by atoms with Gasteiger partial charge in [-0.2, -0.15) is 0 Å². The van der Waals surface area contributed by atoms with E-state index < -0.39 is 0 Å². The first-order valence-corrected chi connectivity index (χ1v) is 7.17. The standard InChI is InChI=1S/C14H12BrClN2/c1-2-11-12(15)13(16)18-14(17-11)10-7-8-5-3-4-6-9(8)10/h3-6,10H,2,7H2,1H3. The van der Waals surface area contributed by atoms with Gasteiger partial charge < -0.3 is 0 Å². The summed E-state index contributed by atoms with van der Waals surface area (Å²) in [6, 6.07) is 8.44. The molecule has 1 aliphatic carbocycles. The first-order chi connectivity index (χ1) is 8.70. The monoisotopic (exact) mass is 322 g/mol. The van der Waals surface area contributed by atoms with Crippen molar-refractivity contribution in [3.8, 4) is 0 Å². The summed E-state index contributed by atoms with van der Waals surface area (Å²) in [5.74, 6) is 1.15. The van der Waals surface area contributed by atoms with E-state index in [4.69, 9.17) is 11.6 Å². The van der Waals surface area contributed by atoms with E-state index in [-0.39, 0.29) is 0 Å². The summed E-state index contributed by atoms with van der Waals surface area (Å²) in [7, 11) is 0. The Balaban J connectivity index is 2.03. The molecule has 2 aromatic rings. The average Bonchev–Trinajstić information content (AvgIpc) is 2.35. The Morgan fingerprint density at radius 2 is 2.11 bits per heavy atom. The second-order valence-corrected chi connectivity index (χ2v) is 5.59. The zero-order chi connectivity index (χ0) is 12.7. The lowest BCUT2D eigenvalue weighted by Crippen LogP contribution is -2.21. The topological polar surface area (TPSA) is 25.8 Å². The number of hydrogen-bond donors (Lipinski definition) is 0. The summed E-state index contributed by atoms with van der Waals surface area (Å²) in [4.78, 5) is 9.04. The van der Waals surface area contributed by atoms with Crippen LogP contribution < -0.4 is 0 Å². The van der Waals surface area contributed by atoms with Crippen LogP contribution in [0, 0.1) is 0 Å². The second-order valence-electron chi connectivity index (χ2n) is 4.44. The van der Waals surface area contributed by atoms with Crippen LogP contribution in [0.1, 0.15) is 35.5 Å². The van der Waals surface area contributed by atoms with E-state index >= 15 is 0 Å². The van der Waals surface area contributed by atoms with E-state index in [0.717, 1.165) is 28.8 Å². The molecule has 0 bridgehead atoms. The fraction of sp³-hybridized carbons (Fsp3) is 0.286. The third-order valence-corrected chi connectivity index (χ3v) is 4.73. The number of fused-ring (bicyclic) bond motifs is 1. The van der Waals surface area contributed by atoms with E-state index in [1.54, 1.807) is 0 Å². The average molecular weight is 324 g/mol. The molecule has 92 valence electrons. The minimum absolute atomic E-state index is 0.303. The molecule has 0 saturated carbocycles. The fourth-order valence-corrected chi connectivity index (χ4v) is 3.01. The van der Waals surface area contributed by atoms with Gasteiger partial charge >= 0.3 is 0 Å². The van der Waals surface area contributed by atoms with Crippen molar-refractivity contribution >= 4 is 27.5 Å². The largest absolute Gasteiger partial charge is 0.236 e. The zero-order valence-corrected chi connectivity index (χ0v) is 12.3. The van der Waals surface area contributed by atoms with Gasteiger partial charge in [0, 0.05) is 5.92 Å². The molecule has 2 nitrogen and oxygen atoms in total. The van der Waals surface area contributed by atoms with E-state index in [1.165, 1.54) is 11.1 Å². The maximum absolute atomic E-state index is 6.15. The van der Waals surface area contributed by atoms with Gasteiger partial charge in [-0.15, -0.1) is 0 Å². The van der Waals surface area contributed by atoms with Crippen molar-refractivity contribution in [2.75, 3.05) is 0 Å². The Morgan fingerprint density at radius 1 is 1.33 bits per heavy atom. The number of aromatic nitrogens is 2. The molecule has 0 saturated heterocycles. The third kappa shape index (κ3) is 1.86. The number of halogens is 2. The summed E-state index contributed by atoms with van der Waals surface area (Å²) >= 11 is 9.59. The molecule has 1 aromatic heterocycles. The maximum atomic E-state index is 6.15. The molecule has 1 atom stereocenters. The quantitative estimate of drug-likeness (QED) is 0.776. The summed E-state index contributed by atoms with van der Waals surface area (Å²) in [5, 5.41) is 0.515. The molecular formula is C14H12BrClN2. The van der Waals surface area contributed by atoms with Crippen molar-refractivity contribution < 1.29 is 0 Å². The number of aryl methyl sites for hydroxylation is 1. The fourth-order valence-electron chi connectivity index (χ4n) is 2.36. The van der Waals surface area contributed by atoms with Crippen LogP contribution in [-0.4, -0.2) is 9.97 Å². The smallest absolute Gasteiger partial charge is 0.147 e. The number of benzene rings is 1. The minimum atomic E-state index is 0.303. The lowest BCUT2D eigenvalue weighted by atomic mass is 9.77. The summed E-state index contributed by atoms with van der Waals surface area (Å²) in [6.07, 6.45) is 1.86. The molecule has 0 amide bonds. The Morgan fingerprint density at radius 3 is 2.83 bits per heavy atom. The highest BCUT2D eigenvalue weighted by Crippen LogP contribution is 2.39. The Bertz CT molecular complexity index is 613. The van der Waals surface area contributed by atoms with Crippen molar-refractivity contribution in [3.63, 3.8) is 0 Å². The van der Waals surface area contributed by atoms with Crippen LogP contribution in [0.5, 0.6) is 0 Å². The number of hydrogen-bond acceptors (Lipinski definition) is 2. The highest BCUT2D eigenvalue weighted by molar-refractivity contribution is 9.10. The Hall–Kier alpha value is -0.930. The van der Waals surface area contributed by atoms with Crippen molar-refractivity contribution in [1.29, 1.82) is 0 Å². The molecule has 0 N–H and O–H groups in total. The Kier molecular flexibility index (Phi) is 3.12. The van der Waals surface area contributed by atoms with Crippen LogP contribution in [0.3, 0.4) is 0 Å². The SMILES string of the molecule is CCc1nc(C2Cc3ccccc32)nc(Cl)c1Br. The molecule has 1 aliphatic rings. The van der Waals surface area contributed by atoms with Crippen LogP contribution in [0.2, 0.25) is 5.15 Å². The van der Waals surface area contributed by atoms with Gasteiger partial charge in [-0.05, 0) is 39.9 Å². The maximum Gasteiger partial charge on any atom is 0.147 e. The van der Waals surface area contributed by atoms with Gasteiger partial charge in [0.05, 0.1) is 10.2 Å². The number of rotatable bonds is 2. The molecule has 18 heavy (non-hydrogen) atoms. The highest BCUT2D eigenvalue weighted by atomic mass is 79.9. The Labute approximate surface area is 120 Å². The summed E-state index contributed by atoms with van der Waals surface area (Å²) in [6.45, 7) is 2.07. The molecule has 0 radical (unpaired) electrons. The van der Waals surface area contributed by atoms with E-state index in [0.29, 0.717) is 11.1 Å². The molecule has 3 rings (SSSR count). The van der Waals surface area contributed by atoms with E-state index in [1.807, 2.05) is 0 Å². The molecule has 1 unspecified atom stereocenters. The molecular weight excluding hydrogens is 312 g/mol. The van der Waals surface area contributed by atoms with Crippen molar-refractivity contribution in [2.24, 2.45) is 0 Å². The third-order valence-electron chi connectivity index (χ3n) is 3.40. The van der Waals surface area contributed by atoms with Gasteiger partial charge in [-0.1, -0.05) is 42.8 Å². The highest BCUT2D eigenvalue weighted by Gasteiger charge is 2.30. The molecule has 1 aromatic carbocycles. The van der Waals surface area contributed by atoms with Crippen molar-refractivity contribution in [3.05, 3.63) is 56.5 Å². The lowest BCUT2D eigenvalue weighted by molar-refractivity contribution is 0.652. The van der Waals surface area contributed by atoms with Gasteiger partial charge in [0.2, 0.25) is 0 Å². The van der Waals surface area contributed by atoms with Gasteiger partial charge in [-0.3, -0.25) is 0 Å². The zero-order valence-electron chi connectivity index (χ0n) is 9.95. The van der Waals surface area contributed by atoms with Crippen LogP contribution in [0.15, 0.2) is 28.7 Å². The summed E-state index contributed by atoms with van der Waals surface area (Å²) in [5.41, 5.74) is 3.70. The first-order valence-electron chi connectivity index (χ1n) is 6.00. The molecule has 0 aliphatic heterocycles. The van der Waals surface area contributed by atoms with E-state index in [2.05, 4.69) is 57.1 Å². The van der Waals surface area contributed by atoms with Crippen LogP contribution in [0.4, 0.5) is 0 Å². The van der Waals surface area contributed by atoms with Crippen molar-refractivity contribution in [2.45, 2.75) is 25.7 Å². The van der Waals surface area contributed by atoms with Gasteiger partial charge in [0.25, 0.3) is 0 Å². The normalized spacial score (nSPS) is 17.2. The molecule has 0 fully saturated rings. The van der Waals surface area contributed by atoms with Crippen LogP contribution in [0.25, 0.3) is 0 Å². The van der Waals surface area contributed by atoms with Gasteiger partial charge in [-0.25, -0.2) is 9.97 Å². The first kappa shape index (κ1) is 12.1. The van der Waals surface area contributed by atoms with Gasteiger partial charge in [0.1, 0.15) is 11.0 Å². The predicted octanol–water partition coefficient (Wildman–Crippen LogP) is 4.14. The molecule has 0 spiro atoms. The summed E-state index contributed by atoms with van der Waals surface area (Å²) < 4.78 is 0.822. The van der Waals surface area contributed by atoms with E-state index in [9.17, 15) is 0 Å². The second kappa shape index (κ2) is 4.63. The molecule has 4 heteroatoms. The van der Waals surface area contributed by atoms with Gasteiger partial charge in [0.15, 0.2) is 0 Å². The van der Waals surface area contributed by atoms with Crippen LogP contribution in [-0.2, 0) is 12.8 Å². The predicted molar refractivity (Wildman–Crippen MR) is 76.1 cm³/mol. The van der Waals surface area contributed by atoms with Crippen LogP contribution >= 0.6 is 27.5 Å². The molecule has 1 heterocycles. The number of nitrogens with zero attached hydrogens (tertiary/aromatic N) is 2. The van der Waals surface area contributed by atoms with Crippen molar-refractivity contribution in [1.82, 2.24) is 9.97 Å². The minimum Gasteiger partial charge on any atom is -0.236 e. The lowest BCUT2D eigenvalue weighted by Gasteiger charge is -2.29.